The number of hydrogen-bond donors (Lipinski definition) is 2. The molecule has 0 aromatic heterocycles. The highest BCUT2D eigenvalue weighted by atomic mass is 32.2. The summed E-state index contributed by atoms with van der Waals surface area (Å²) in [6.07, 6.45) is -12.3. The van der Waals surface area contributed by atoms with Crippen LogP contribution < -0.4 is 0 Å². The van der Waals surface area contributed by atoms with Gasteiger partial charge in [-0.15, -0.1) is 0 Å². The van der Waals surface area contributed by atoms with Crippen molar-refractivity contribution in [3.8, 4) is 0 Å². The lowest BCUT2D eigenvalue weighted by atomic mass is 9.92. The minimum atomic E-state index is -7.29. The van der Waals surface area contributed by atoms with Gasteiger partial charge in [0.15, 0.2) is 0 Å². The van der Waals surface area contributed by atoms with E-state index in [0.29, 0.717) is 25.7 Å². The van der Waals surface area contributed by atoms with Crippen LogP contribution in [0.2, 0.25) is 0 Å². The second-order valence-electron chi connectivity index (χ2n) is 7.91. The lowest BCUT2D eigenvalue weighted by Gasteiger charge is -2.35. The lowest BCUT2D eigenvalue weighted by Crippen LogP contribution is -2.61. The van der Waals surface area contributed by atoms with E-state index in [1.165, 1.54) is 0 Å². The zero-order valence-electron chi connectivity index (χ0n) is 18.5. The van der Waals surface area contributed by atoms with E-state index in [4.69, 9.17) is 5.11 Å². The summed E-state index contributed by atoms with van der Waals surface area (Å²) in [4.78, 5) is 23.6. The third kappa shape index (κ3) is 7.36. The molecule has 0 aromatic rings. The van der Waals surface area contributed by atoms with Crippen LogP contribution in [0, 0.1) is 5.92 Å². The van der Waals surface area contributed by atoms with E-state index in [1.807, 2.05) is 0 Å². The van der Waals surface area contributed by atoms with E-state index in [2.05, 4.69) is 4.74 Å². The zero-order valence-corrected chi connectivity index (χ0v) is 19.3. The molecule has 35 heavy (non-hydrogen) atoms. The molecule has 0 fully saturated rings. The molecule has 0 aliphatic carbocycles. The number of halogens is 9. The first-order valence-electron chi connectivity index (χ1n) is 10.1. The van der Waals surface area contributed by atoms with Crippen molar-refractivity contribution in [2.24, 2.45) is 5.92 Å². The van der Waals surface area contributed by atoms with Crippen LogP contribution >= 0.6 is 0 Å². The molecule has 0 aliphatic heterocycles. The van der Waals surface area contributed by atoms with Gasteiger partial charge >= 0.3 is 35.9 Å². The Labute approximate surface area is 194 Å². The quantitative estimate of drug-likeness (QED) is 0.164. The normalized spacial score (nSPS) is 16.5. The topological polar surface area (TPSA) is 118 Å². The summed E-state index contributed by atoms with van der Waals surface area (Å²) in [5.41, 5.74) is 0. The van der Waals surface area contributed by atoms with Gasteiger partial charge in [0.05, 0.1) is 13.0 Å². The van der Waals surface area contributed by atoms with Gasteiger partial charge in [-0.1, -0.05) is 33.1 Å². The summed E-state index contributed by atoms with van der Waals surface area (Å²) in [7, 11) is -6.07. The number of esters is 1. The van der Waals surface area contributed by atoms with Crippen molar-refractivity contribution in [1.29, 1.82) is 0 Å². The highest BCUT2D eigenvalue weighted by molar-refractivity contribution is 7.88. The number of unbranched alkanes of at least 4 members (excludes halogenated alkanes) is 1. The maximum Gasteiger partial charge on any atom is 0.460 e. The van der Waals surface area contributed by atoms with Crippen molar-refractivity contribution < 1.29 is 71.9 Å². The van der Waals surface area contributed by atoms with Crippen LogP contribution in [0.15, 0.2) is 0 Å². The molecule has 0 rings (SSSR count). The van der Waals surface area contributed by atoms with E-state index in [0.717, 1.165) is 0 Å². The van der Waals surface area contributed by atoms with Gasteiger partial charge in [-0.25, -0.2) is 0 Å². The fourth-order valence-corrected chi connectivity index (χ4v) is 3.91. The Morgan fingerprint density at radius 2 is 1.43 bits per heavy atom. The van der Waals surface area contributed by atoms with Gasteiger partial charge in [0.2, 0.25) is 4.75 Å². The fourth-order valence-electron chi connectivity index (χ4n) is 2.98. The van der Waals surface area contributed by atoms with Crippen molar-refractivity contribution in [2.45, 2.75) is 87.5 Å². The first-order chi connectivity index (χ1) is 15.5. The molecular formula is C18H25F9O7S. The number of rotatable bonds is 15. The number of ether oxygens (including phenoxy) is 1. The third-order valence-electron chi connectivity index (χ3n) is 5.35. The molecule has 0 bridgehead atoms. The van der Waals surface area contributed by atoms with Gasteiger partial charge in [0.25, 0.3) is 10.1 Å². The molecule has 0 radical (unpaired) electrons. The van der Waals surface area contributed by atoms with Gasteiger partial charge in [-0.3, -0.25) is 14.1 Å². The predicted molar refractivity (Wildman–Crippen MR) is 101 cm³/mol. The molecule has 0 spiro atoms. The molecule has 2 N–H and O–H groups in total. The zero-order chi connectivity index (χ0) is 28.1. The summed E-state index contributed by atoms with van der Waals surface area (Å²) >= 11 is 0. The summed E-state index contributed by atoms with van der Waals surface area (Å²) < 4.78 is 152. The average molecular weight is 556 g/mol. The smallest absolute Gasteiger partial charge is 0.460 e. The minimum Gasteiger partial charge on any atom is -0.481 e. The molecule has 0 heterocycles. The Morgan fingerprint density at radius 3 is 1.80 bits per heavy atom. The van der Waals surface area contributed by atoms with Crippen molar-refractivity contribution >= 4 is 22.1 Å². The van der Waals surface area contributed by atoms with Crippen LogP contribution in [0.4, 0.5) is 39.5 Å². The second kappa shape index (κ2) is 11.5. The number of carboxylic acid groups (broad SMARTS) is 1. The molecule has 0 amide bonds. The molecule has 0 saturated carbocycles. The van der Waals surface area contributed by atoms with Gasteiger partial charge in [-0.05, 0) is 18.8 Å². The number of alkyl halides is 9. The molecular weight excluding hydrogens is 531 g/mol. The van der Waals surface area contributed by atoms with E-state index in [1.54, 1.807) is 13.8 Å². The maximum absolute atomic E-state index is 13.9. The molecule has 0 aromatic carbocycles. The van der Waals surface area contributed by atoms with Crippen molar-refractivity contribution in [3.05, 3.63) is 0 Å². The van der Waals surface area contributed by atoms with Crippen LogP contribution in [0.5, 0.6) is 0 Å². The van der Waals surface area contributed by atoms with Gasteiger partial charge in [0.1, 0.15) is 0 Å². The third-order valence-corrected chi connectivity index (χ3v) is 6.85. The molecule has 208 valence electrons. The van der Waals surface area contributed by atoms with Gasteiger partial charge in [0, 0.05) is 6.42 Å². The summed E-state index contributed by atoms with van der Waals surface area (Å²) in [5.74, 6) is -25.6. The minimum absolute atomic E-state index is 0.335. The molecule has 7 nitrogen and oxygen atoms in total. The summed E-state index contributed by atoms with van der Waals surface area (Å²) in [5, 5.41) is 8.94. The van der Waals surface area contributed by atoms with Crippen LogP contribution in [-0.4, -0.2) is 65.3 Å². The van der Waals surface area contributed by atoms with Crippen molar-refractivity contribution in [1.82, 2.24) is 0 Å². The largest absolute Gasteiger partial charge is 0.481 e. The molecule has 17 heteroatoms. The van der Waals surface area contributed by atoms with Gasteiger partial charge < -0.3 is 9.84 Å². The van der Waals surface area contributed by atoms with Crippen molar-refractivity contribution in [2.75, 3.05) is 6.61 Å². The highest BCUT2D eigenvalue weighted by Gasteiger charge is 2.81. The molecule has 0 saturated heterocycles. The monoisotopic (exact) mass is 556 g/mol. The Balaban J connectivity index is 6.23. The lowest BCUT2D eigenvalue weighted by molar-refractivity contribution is -0.396. The van der Waals surface area contributed by atoms with E-state index >= 15 is 0 Å². The first kappa shape index (κ1) is 33.2. The summed E-state index contributed by atoms with van der Waals surface area (Å²) in [6.45, 7) is 2.81. The number of carbonyl (C=O) groups is 2. The fraction of sp³-hybridized carbons (Fsp3) is 0.889. The Hall–Kier alpha value is -1.78. The van der Waals surface area contributed by atoms with E-state index < -0.39 is 82.5 Å². The number of aliphatic carboxylic acids is 1. The van der Waals surface area contributed by atoms with E-state index in [9.17, 15) is 62.1 Å². The van der Waals surface area contributed by atoms with Crippen LogP contribution in [0.3, 0.4) is 0 Å². The van der Waals surface area contributed by atoms with Crippen molar-refractivity contribution in [3.63, 3.8) is 0 Å². The second-order valence-corrected chi connectivity index (χ2v) is 9.64. The van der Waals surface area contributed by atoms with Gasteiger partial charge in [-0.2, -0.15) is 47.9 Å². The Morgan fingerprint density at radius 1 is 0.914 bits per heavy atom. The van der Waals surface area contributed by atoms with Crippen LogP contribution in [-0.2, 0) is 24.4 Å². The van der Waals surface area contributed by atoms with E-state index in [-0.39, 0.29) is 0 Å². The molecule has 2 unspecified atom stereocenters. The number of carbonyl (C=O) groups excluding carboxylic acids is 1. The highest BCUT2D eigenvalue weighted by Crippen LogP contribution is 2.55. The first-order valence-corrected chi connectivity index (χ1v) is 11.5. The molecule has 0 aliphatic rings. The Bertz CT molecular complexity index is 844. The predicted octanol–water partition coefficient (Wildman–Crippen LogP) is 5.10. The average Bonchev–Trinajstić information content (AvgIpc) is 2.68. The summed E-state index contributed by atoms with van der Waals surface area (Å²) in [6, 6.07) is 0. The number of hydrogen-bond acceptors (Lipinski definition) is 5. The van der Waals surface area contributed by atoms with Crippen LogP contribution in [0.25, 0.3) is 0 Å². The standard InChI is InChI=1S/C18H25F9O7S/c1-3-5-6-11(4-2)10-34-13(30)14(9-12(28)29,35(31,32)33)7-8-15(19,20)16(21,22)17(23,24)18(25,26)27/h11H,3-10H2,1-2H3,(H,28,29)(H,31,32,33). The SMILES string of the molecule is CCCCC(CC)COC(=O)C(CCC(F)(F)C(F)(F)C(F)(F)C(F)(F)F)(CC(=O)O)S(=O)(=O)O. The van der Waals surface area contributed by atoms with Crippen LogP contribution in [0.1, 0.15) is 58.8 Å². The Kier molecular flexibility index (Phi) is 10.9. The maximum atomic E-state index is 13.9. The number of carboxylic acids is 1. The molecule has 2 atom stereocenters.